The number of rotatable bonds is 6. The van der Waals surface area contributed by atoms with Gasteiger partial charge in [0.05, 0.1) is 19.8 Å². The van der Waals surface area contributed by atoms with Crippen molar-refractivity contribution in [3.05, 3.63) is 77.4 Å². The van der Waals surface area contributed by atoms with E-state index < -0.39 is 0 Å². The van der Waals surface area contributed by atoms with Gasteiger partial charge in [0.15, 0.2) is 0 Å². The highest BCUT2D eigenvalue weighted by molar-refractivity contribution is 5.81. The first-order chi connectivity index (χ1) is 9.83. The molecule has 2 nitrogen and oxygen atoms in total. The Balaban J connectivity index is 2.32. The maximum absolute atomic E-state index is 8.76. The third-order valence-corrected chi connectivity index (χ3v) is 3.16. The second-order valence-electron chi connectivity index (χ2n) is 4.60. The number of aryl methyl sites for hydroxylation is 1. The smallest absolute Gasteiger partial charge is 0.0702 e. The van der Waals surface area contributed by atoms with Gasteiger partial charge in [-0.1, -0.05) is 60.7 Å². The van der Waals surface area contributed by atoms with Crippen LogP contribution < -0.4 is 0 Å². The van der Waals surface area contributed by atoms with E-state index in [0.717, 1.165) is 0 Å². The second kappa shape index (κ2) is 7.63. The lowest BCUT2D eigenvalue weighted by Gasteiger charge is -2.11. The molecule has 0 aliphatic rings. The number of aliphatic hydroxyl groups is 1. The van der Waals surface area contributed by atoms with Gasteiger partial charge in [-0.15, -0.1) is 0 Å². The Bertz CT molecular complexity index is 559. The van der Waals surface area contributed by atoms with Gasteiger partial charge in [-0.05, 0) is 29.2 Å². The summed E-state index contributed by atoms with van der Waals surface area (Å²) < 4.78 is 5.37. The maximum Gasteiger partial charge on any atom is 0.0702 e. The van der Waals surface area contributed by atoms with Crippen LogP contribution >= 0.6 is 0 Å². The molecule has 0 aliphatic carbocycles. The van der Waals surface area contributed by atoms with Crippen LogP contribution in [0.3, 0.4) is 0 Å². The zero-order valence-corrected chi connectivity index (χ0v) is 11.8. The Labute approximate surface area is 120 Å². The van der Waals surface area contributed by atoms with Gasteiger partial charge in [-0.25, -0.2) is 0 Å². The van der Waals surface area contributed by atoms with Gasteiger partial charge in [-0.3, -0.25) is 0 Å². The van der Waals surface area contributed by atoms with Gasteiger partial charge < -0.3 is 9.84 Å². The van der Waals surface area contributed by atoms with Crippen molar-refractivity contribution in [2.75, 3.05) is 19.8 Å². The first kappa shape index (κ1) is 14.5. The summed E-state index contributed by atoms with van der Waals surface area (Å²) in [6.45, 7) is 3.03. The van der Waals surface area contributed by atoms with Crippen LogP contribution in [0.25, 0.3) is 5.57 Å². The molecule has 20 heavy (non-hydrogen) atoms. The molecule has 0 aromatic heterocycles. The molecular formula is C18H20O2. The molecule has 0 saturated heterocycles. The summed E-state index contributed by atoms with van der Waals surface area (Å²) >= 11 is 0. The summed E-state index contributed by atoms with van der Waals surface area (Å²) in [5.74, 6) is 0. The van der Waals surface area contributed by atoms with Crippen LogP contribution in [0.2, 0.25) is 0 Å². The van der Waals surface area contributed by atoms with Gasteiger partial charge in [-0.2, -0.15) is 0 Å². The average Bonchev–Trinajstić information content (AvgIpc) is 2.49. The fourth-order valence-corrected chi connectivity index (χ4v) is 2.17. The molecule has 0 amide bonds. The van der Waals surface area contributed by atoms with Crippen molar-refractivity contribution in [1.82, 2.24) is 0 Å². The van der Waals surface area contributed by atoms with Crippen LogP contribution in [0.4, 0.5) is 0 Å². The molecule has 1 N–H and O–H groups in total. The standard InChI is InChI=1S/C18H20O2/c1-15-7-5-6-10-17(15)18(11-13-20-14-12-19)16-8-3-2-4-9-16/h2-11,19H,12-14H2,1H3/b18-11+. The third kappa shape index (κ3) is 3.80. The first-order valence-corrected chi connectivity index (χ1v) is 6.83. The predicted molar refractivity (Wildman–Crippen MR) is 82.6 cm³/mol. The molecule has 0 radical (unpaired) electrons. The van der Waals surface area contributed by atoms with Crippen molar-refractivity contribution < 1.29 is 9.84 Å². The Morgan fingerprint density at radius 3 is 2.45 bits per heavy atom. The van der Waals surface area contributed by atoms with E-state index >= 15 is 0 Å². The number of benzene rings is 2. The molecule has 104 valence electrons. The van der Waals surface area contributed by atoms with Crippen LogP contribution in [0.15, 0.2) is 60.7 Å². The first-order valence-electron chi connectivity index (χ1n) is 6.83. The van der Waals surface area contributed by atoms with Crippen molar-refractivity contribution in [2.24, 2.45) is 0 Å². The minimum absolute atomic E-state index is 0.0544. The lowest BCUT2D eigenvalue weighted by molar-refractivity contribution is 0.112. The highest BCUT2D eigenvalue weighted by atomic mass is 16.5. The van der Waals surface area contributed by atoms with Crippen molar-refractivity contribution >= 4 is 5.57 Å². The Hall–Kier alpha value is -1.90. The minimum Gasteiger partial charge on any atom is -0.394 e. The Morgan fingerprint density at radius 1 is 1.05 bits per heavy atom. The van der Waals surface area contributed by atoms with Gasteiger partial charge in [0.2, 0.25) is 0 Å². The molecule has 0 bridgehead atoms. The van der Waals surface area contributed by atoms with Crippen LogP contribution in [0.5, 0.6) is 0 Å². The molecule has 0 atom stereocenters. The maximum atomic E-state index is 8.76. The van der Waals surface area contributed by atoms with Gasteiger partial charge >= 0.3 is 0 Å². The van der Waals surface area contributed by atoms with E-state index in [4.69, 9.17) is 9.84 Å². The van der Waals surface area contributed by atoms with Gasteiger partial charge in [0, 0.05) is 0 Å². The number of ether oxygens (including phenoxy) is 1. The van der Waals surface area contributed by atoms with Crippen LogP contribution in [0.1, 0.15) is 16.7 Å². The highest BCUT2D eigenvalue weighted by Gasteiger charge is 2.06. The predicted octanol–water partition coefficient (Wildman–Crippen LogP) is 3.44. The normalized spacial score (nSPS) is 11.6. The number of aliphatic hydroxyl groups excluding tert-OH is 1. The molecule has 2 aromatic carbocycles. The summed E-state index contributed by atoms with van der Waals surface area (Å²) in [5.41, 5.74) is 4.80. The number of hydrogen-bond donors (Lipinski definition) is 1. The lowest BCUT2D eigenvalue weighted by Crippen LogP contribution is -2.00. The van der Waals surface area contributed by atoms with Gasteiger partial charge in [0.25, 0.3) is 0 Å². The summed E-state index contributed by atoms with van der Waals surface area (Å²) in [6.07, 6.45) is 2.08. The van der Waals surface area contributed by atoms with Crippen molar-refractivity contribution in [2.45, 2.75) is 6.92 Å². The third-order valence-electron chi connectivity index (χ3n) is 3.16. The highest BCUT2D eigenvalue weighted by Crippen LogP contribution is 2.25. The molecule has 0 aliphatic heterocycles. The fourth-order valence-electron chi connectivity index (χ4n) is 2.17. The molecule has 0 saturated carbocycles. The van der Waals surface area contributed by atoms with E-state index in [1.165, 1.54) is 22.3 Å². The lowest BCUT2D eigenvalue weighted by atomic mass is 9.94. The van der Waals surface area contributed by atoms with Gasteiger partial charge in [0.1, 0.15) is 0 Å². The van der Waals surface area contributed by atoms with E-state index in [9.17, 15) is 0 Å². The van der Waals surface area contributed by atoms with Crippen LogP contribution in [-0.4, -0.2) is 24.9 Å². The van der Waals surface area contributed by atoms with Crippen molar-refractivity contribution in [3.8, 4) is 0 Å². The SMILES string of the molecule is Cc1ccccc1/C(=C/COCCO)c1ccccc1. The Morgan fingerprint density at radius 2 is 1.75 bits per heavy atom. The van der Waals surface area contributed by atoms with E-state index in [1.807, 2.05) is 30.3 Å². The van der Waals surface area contributed by atoms with E-state index in [0.29, 0.717) is 13.2 Å². The topological polar surface area (TPSA) is 29.5 Å². The zero-order valence-electron chi connectivity index (χ0n) is 11.8. The summed E-state index contributed by atoms with van der Waals surface area (Å²) in [5, 5.41) is 8.76. The van der Waals surface area contributed by atoms with E-state index in [1.54, 1.807) is 0 Å². The Kier molecular flexibility index (Phi) is 5.54. The van der Waals surface area contributed by atoms with E-state index in [-0.39, 0.29) is 6.61 Å². The van der Waals surface area contributed by atoms with E-state index in [2.05, 4.69) is 37.3 Å². The molecule has 0 fully saturated rings. The molecule has 0 unspecified atom stereocenters. The zero-order chi connectivity index (χ0) is 14.2. The molecule has 2 rings (SSSR count). The summed E-state index contributed by atoms with van der Waals surface area (Å²) in [4.78, 5) is 0. The fraction of sp³-hybridized carbons (Fsp3) is 0.222. The van der Waals surface area contributed by atoms with Crippen LogP contribution in [0, 0.1) is 6.92 Å². The minimum atomic E-state index is 0.0544. The molecule has 0 heterocycles. The molecule has 0 spiro atoms. The monoisotopic (exact) mass is 268 g/mol. The number of hydrogen-bond acceptors (Lipinski definition) is 2. The second-order valence-corrected chi connectivity index (χ2v) is 4.60. The van der Waals surface area contributed by atoms with Crippen molar-refractivity contribution in [1.29, 1.82) is 0 Å². The summed E-state index contributed by atoms with van der Waals surface area (Å²) in [6, 6.07) is 18.6. The quantitative estimate of drug-likeness (QED) is 0.813. The molecule has 2 heteroatoms. The summed E-state index contributed by atoms with van der Waals surface area (Å²) in [7, 11) is 0. The molecular weight excluding hydrogens is 248 g/mol. The average molecular weight is 268 g/mol. The largest absolute Gasteiger partial charge is 0.394 e. The molecule has 2 aromatic rings. The van der Waals surface area contributed by atoms with Crippen molar-refractivity contribution in [3.63, 3.8) is 0 Å². The van der Waals surface area contributed by atoms with Crippen LogP contribution in [-0.2, 0) is 4.74 Å².